The van der Waals surface area contributed by atoms with Crippen molar-refractivity contribution in [2.24, 2.45) is 0 Å². The number of methoxy groups -OCH3 is 1. The lowest BCUT2D eigenvalue weighted by Crippen LogP contribution is -2.05. The van der Waals surface area contributed by atoms with Gasteiger partial charge in [-0.15, -0.1) is 12.4 Å². The zero-order valence-electron chi connectivity index (χ0n) is 12.1. The summed E-state index contributed by atoms with van der Waals surface area (Å²) in [6.45, 7) is 0. The van der Waals surface area contributed by atoms with Gasteiger partial charge in [-0.1, -0.05) is 6.07 Å². The van der Waals surface area contributed by atoms with Gasteiger partial charge in [-0.2, -0.15) is 0 Å². The summed E-state index contributed by atoms with van der Waals surface area (Å²) < 4.78 is 10.8. The van der Waals surface area contributed by atoms with Crippen LogP contribution in [0, 0.1) is 0 Å². The van der Waals surface area contributed by atoms with Gasteiger partial charge in [0.05, 0.1) is 12.5 Å². The minimum Gasteiger partial charge on any atom is -0.497 e. The number of carboxylic acids is 1. The molecule has 0 aliphatic carbocycles. The van der Waals surface area contributed by atoms with Gasteiger partial charge in [0.25, 0.3) is 0 Å². The molecule has 0 atom stereocenters. The van der Waals surface area contributed by atoms with Crippen molar-refractivity contribution < 1.29 is 19.1 Å². The van der Waals surface area contributed by atoms with Crippen LogP contribution in [0.4, 0.5) is 0 Å². The maximum atomic E-state index is 12.2. The van der Waals surface area contributed by atoms with Crippen LogP contribution in [0.15, 0.2) is 57.7 Å². The van der Waals surface area contributed by atoms with Crippen LogP contribution in [0.5, 0.6) is 5.75 Å². The monoisotopic (exact) mass is 332 g/mol. The number of benzene rings is 2. The average Bonchev–Trinajstić information content (AvgIpc) is 2.54. The molecule has 0 bridgehead atoms. The topological polar surface area (TPSA) is 76.7 Å². The second kappa shape index (κ2) is 6.54. The molecule has 23 heavy (non-hydrogen) atoms. The third-order valence-electron chi connectivity index (χ3n) is 3.36. The molecule has 118 valence electrons. The van der Waals surface area contributed by atoms with E-state index >= 15 is 0 Å². The van der Waals surface area contributed by atoms with Gasteiger partial charge in [-0.05, 0) is 36.4 Å². The summed E-state index contributed by atoms with van der Waals surface area (Å²) in [5.41, 5.74) is 0.424. The van der Waals surface area contributed by atoms with Crippen molar-refractivity contribution in [2.75, 3.05) is 7.11 Å². The Morgan fingerprint density at radius 1 is 1.13 bits per heavy atom. The Balaban J connectivity index is 0.00000192. The highest BCUT2D eigenvalue weighted by atomic mass is 35.5. The lowest BCUT2D eigenvalue weighted by molar-refractivity contribution is 0.0698. The highest BCUT2D eigenvalue weighted by Crippen LogP contribution is 2.25. The number of para-hydroxylation sites is 1. The van der Waals surface area contributed by atoms with Crippen molar-refractivity contribution >= 4 is 29.3 Å². The highest BCUT2D eigenvalue weighted by Gasteiger charge is 2.14. The first-order valence-electron chi connectivity index (χ1n) is 6.55. The van der Waals surface area contributed by atoms with Crippen LogP contribution in [0.3, 0.4) is 0 Å². The predicted molar refractivity (Wildman–Crippen MR) is 88.7 cm³/mol. The molecular weight excluding hydrogens is 320 g/mol. The summed E-state index contributed by atoms with van der Waals surface area (Å²) >= 11 is 0. The first-order chi connectivity index (χ1) is 10.6. The van der Waals surface area contributed by atoms with Gasteiger partial charge in [0, 0.05) is 11.6 Å². The molecule has 0 unspecified atom stereocenters. The molecule has 1 aromatic heterocycles. The number of aromatic carboxylic acids is 1. The molecule has 3 rings (SSSR count). The fourth-order valence-electron chi connectivity index (χ4n) is 2.24. The molecule has 0 spiro atoms. The molecule has 1 heterocycles. The third-order valence-corrected chi connectivity index (χ3v) is 3.36. The Morgan fingerprint density at radius 2 is 1.83 bits per heavy atom. The van der Waals surface area contributed by atoms with Gasteiger partial charge in [-0.25, -0.2) is 4.79 Å². The van der Waals surface area contributed by atoms with Gasteiger partial charge < -0.3 is 14.3 Å². The number of halogens is 1. The molecule has 0 saturated carbocycles. The third kappa shape index (κ3) is 3.05. The Hall–Kier alpha value is -2.79. The van der Waals surface area contributed by atoms with Crippen LogP contribution >= 0.6 is 12.4 Å². The maximum Gasteiger partial charge on any atom is 0.339 e. The van der Waals surface area contributed by atoms with E-state index in [9.17, 15) is 14.7 Å². The number of ether oxygens (including phenoxy) is 1. The smallest absolute Gasteiger partial charge is 0.339 e. The van der Waals surface area contributed by atoms with Crippen molar-refractivity contribution in [3.8, 4) is 17.1 Å². The lowest BCUT2D eigenvalue weighted by atomic mass is 10.1. The van der Waals surface area contributed by atoms with Crippen molar-refractivity contribution in [2.45, 2.75) is 0 Å². The Kier molecular flexibility index (Phi) is 4.71. The second-order valence-corrected chi connectivity index (χ2v) is 4.69. The number of hydrogen-bond acceptors (Lipinski definition) is 4. The average molecular weight is 333 g/mol. The molecular formula is C17H13ClO5. The highest BCUT2D eigenvalue weighted by molar-refractivity contribution is 6.01. The minimum absolute atomic E-state index is 0. The number of rotatable bonds is 3. The second-order valence-electron chi connectivity index (χ2n) is 4.69. The number of fused-ring (bicyclic) bond motifs is 1. The van der Waals surface area contributed by atoms with E-state index in [0.29, 0.717) is 17.1 Å². The molecule has 0 amide bonds. The summed E-state index contributed by atoms with van der Waals surface area (Å²) in [5, 5.41) is 9.47. The van der Waals surface area contributed by atoms with Crippen LogP contribution in [-0.2, 0) is 0 Å². The quantitative estimate of drug-likeness (QED) is 0.793. The molecule has 0 fully saturated rings. The van der Waals surface area contributed by atoms with E-state index in [1.54, 1.807) is 37.4 Å². The largest absolute Gasteiger partial charge is 0.497 e. The summed E-state index contributed by atoms with van der Waals surface area (Å²) in [4.78, 5) is 23.5. The number of carboxylic acid groups (broad SMARTS) is 1. The van der Waals surface area contributed by atoms with E-state index in [1.807, 2.05) is 0 Å². The van der Waals surface area contributed by atoms with E-state index in [1.165, 1.54) is 18.2 Å². The van der Waals surface area contributed by atoms with Crippen LogP contribution < -0.4 is 10.2 Å². The zero-order valence-corrected chi connectivity index (χ0v) is 12.9. The standard InChI is InChI=1S/C17H12O5.ClH/c1-21-11-7-5-10(6-8-11)15-9-14(18)12-3-2-4-13(17(19)20)16(12)22-15;/h2-9H,1H3,(H,19,20);1H. The Labute approximate surface area is 137 Å². The molecule has 0 aliphatic rings. The molecule has 2 aromatic carbocycles. The normalized spacial score (nSPS) is 10.1. The van der Waals surface area contributed by atoms with Gasteiger partial charge in [-0.3, -0.25) is 4.79 Å². The fourth-order valence-corrected chi connectivity index (χ4v) is 2.24. The first kappa shape index (κ1) is 16.6. The maximum absolute atomic E-state index is 12.2. The van der Waals surface area contributed by atoms with E-state index in [4.69, 9.17) is 9.15 Å². The lowest BCUT2D eigenvalue weighted by Gasteiger charge is -2.06. The van der Waals surface area contributed by atoms with Crippen molar-refractivity contribution in [1.29, 1.82) is 0 Å². The van der Waals surface area contributed by atoms with Crippen LogP contribution in [0.1, 0.15) is 10.4 Å². The molecule has 0 saturated heterocycles. The SMILES string of the molecule is COc1ccc(-c2cc(=O)c3cccc(C(=O)O)c3o2)cc1.Cl. The summed E-state index contributed by atoms with van der Waals surface area (Å²) in [7, 11) is 1.56. The van der Waals surface area contributed by atoms with Crippen molar-refractivity contribution in [1.82, 2.24) is 0 Å². The number of hydrogen-bond donors (Lipinski definition) is 1. The van der Waals surface area contributed by atoms with Gasteiger partial charge in [0.1, 0.15) is 17.1 Å². The van der Waals surface area contributed by atoms with E-state index in [2.05, 4.69) is 0 Å². The van der Waals surface area contributed by atoms with E-state index in [0.717, 1.165) is 0 Å². The first-order valence-corrected chi connectivity index (χ1v) is 6.55. The minimum atomic E-state index is -1.14. The Morgan fingerprint density at radius 3 is 2.43 bits per heavy atom. The molecule has 5 nitrogen and oxygen atoms in total. The van der Waals surface area contributed by atoms with Crippen molar-refractivity contribution in [3.05, 3.63) is 64.3 Å². The fraction of sp³-hybridized carbons (Fsp3) is 0.0588. The molecule has 1 N–H and O–H groups in total. The summed E-state index contributed by atoms with van der Waals surface area (Å²) in [6, 6.07) is 12.8. The summed E-state index contributed by atoms with van der Waals surface area (Å²) in [6.07, 6.45) is 0. The van der Waals surface area contributed by atoms with E-state index < -0.39 is 5.97 Å². The molecule has 0 aliphatic heterocycles. The molecule has 0 radical (unpaired) electrons. The predicted octanol–water partition coefficient (Wildman–Crippen LogP) is 3.59. The molecule has 6 heteroatoms. The zero-order chi connectivity index (χ0) is 15.7. The van der Waals surface area contributed by atoms with Gasteiger partial charge in [0.15, 0.2) is 11.0 Å². The van der Waals surface area contributed by atoms with E-state index in [-0.39, 0.29) is 34.4 Å². The van der Waals surface area contributed by atoms with Crippen LogP contribution in [-0.4, -0.2) is 18.2 Å². The van der Waals surface area contributed by atoms with Crippen molar-refractivity contribution in [3.63, 3.8) is 0 Å². The Bertz CT molecular complexity index is 912. The molecule has 3 aromatic rings. The van der Waals surface area contributed by atoms with Gasteiger partial charge >= 0.3 is 5.97 Å². The number of carbonyl (C=O) groups is 1. The van der Waals surface area contributed by atoms with Crippen LogP contribution in [0.25, 0.3) is 22.3 Å². The van der Waals surface area contributed by atoms with Gasteiger partial charge in [0.2, 0.25) is 0 Å². The summed E-state index contributed by atoms with van der Waals surface area (Å²) in [5.74, 6) is -0.146. The van der Waals surface area contributed by atoms with Crippen LogP contribution in [0.2, 0.25) is 0 Å².